The molecule has 0 radical (unpaired) electrons. The molecule has 106 valence electrons. The first kappa shape index (κ1) is 12.9. The van der Waals surface area contributed by atoms with Gasteiger partial charge in [0.2, 0.25) is 11.8 Å². The maximum Gasteiger partial charge on any atom is 0.226 e. The predicted molar refractivity (Wildman–Crippen MR) is 72.4 cm³/mol. The highest BCUT2D eigenvalue weighted by molar-refractivity contribution is 5.82. The molecule has 0 aromatic heterocycles. The SMILES string of the molecule is CC(=O)N1CCCN(C(=O)C2C3CCCCC32)CC1. The maximum absolute atomic E-state index is 12.6. The van der Waals surface area contributed by atoms with Gasteiger partial charge >= 0.3 is 0 Å². The Hall–Kier alpha value is -1.06. The highest BCUT2D eigenvalue weighted by Crippen LogP contribution is 2.56. The van der Waals surface area contributed by atoms with E-state index in [-0.39, 0.29) is 5.91 Å². The van der Waals surface area contributed by atoms with E-state index in [9.17, 15) is 9.59 Å². The molecule has 3 rings (SSSR count). The summed E-state index contributed by atoms with van der Waals surface area (Å²) in [7, 11) is 0. The summed E-state index contributed by atoms with van der Waals surface area (Å²) in [5, 5.41) is 0. The number of hydrogen-bond donors (Lipinski definition) is 0. The van der Waals surface area contributed by atoms with Gasteiger partial charge in [0.05, 0.1) is 0 Å². The molecular formula is C15H24N2O2. The summed E-state index contributed by atoms with van der Waals surface area (Å²) in [5.74, 6) is 2.21. The zero-order valence-corrected chi connectivity index (χ0v) is 11.8. The molecule has 3 aliphatic rings. The molecule has 2 aliphatic carbocycles. The molecular weight excluding hydrogens is 240 g/mol. The van der Waals surface area contributed by atoms with Crippen LogP contribution in [-0.2, 0) is 9.59 Å². The van der Waals surface area contributed by atoms with Crippen molar-refractivity contribution in [1.82, 2.24) is 9.80 Å². The monoisotopic (exact) mass is 264 g/mol. The minimum Gasteiger partial charge on any atom is -0.341 e. The molecule has 0 aromatic rings. The topological polar surface area (TPSA) is 40.6 Å². The van der Waals surface area contributed by atoms with Crippen LogP contribution >= 0.6 is 0 Å². The van der Waals surface area contributed by atoms with Crippen LogP contribution in [0.1, 0.15) is 39.0 Å². The number of amides is 2. The van der Waals surface area contributed by atoms with Crippen LogP contribution in [-0.4, -0.2) is 47.8 Å². The summed E-state index contributed by atoms with van der Waals surface area (Å²) in [6, 6.07) is 0. The highest BCUT2D eigenvalue weighted by Gasteiger charge is 2.55. The lowest BCUT2D eigenvalue weighted by Gasteiger charge is -2.21. The van der Waals surface area contributed by atoms with Crippen LogP contribution in [0.15, 0.2) is 0 Å². The van der Waals surface area contributed by atoms with Crippen molar-refractivity contribution < 1.29 is 9.59 Å². The largest absolute Gasteiger partial charge is 0.341 e. The van der Waals surface area contributed by atoms with Crippen molar-refractivity contribution in [2.24, 2.45) is 17.8 Å². The molecule has 19 heavy (non-hydrogen) atoms. The lowest BCUT2D eigenvalue weighted by atomic mass is 10.0. The second-order valence-electron chi connectivity index (χ2n) is 6.32. The predicted octanol–water partition coefficient (Wildman–Crippen LogP) is 1.50. The number of carbonyl (C=O) groups is 2. The van der Waals surface area contributed by atoms with Gasteiger partial charge in [-0.2, -0.15) is 0 Å². The third kappa shape index (κ3) is 2.49. The Bertz CT molecular complexity index is 370. The van der Waals surface area contributed by atoms with Crippen molar-refractivity contribution in [3.63, 3.8) is 0 Å². The summed E-state index contributed by atoms with van der Waals surface area (Å²) in [5.41, 5.74) is 0. The fourth-order valence-electron chi connectivity index (χ4n) is 4.02. The van der Waals surface area contributed by atoms with E-state index in [1.54, 1.807) is 6.92 Å². The molecule has 2 unspecified atom stereocenters. The average molecular weight is 264 g/mol. The summed E-state index contributed by atoms with van der Waals surface area (Å²) in [6.07, 6.45) is 6.06. The maximum atomic E-state index is 12.6. The van der Waals surface area contributed by atoms with E-state index in [1.807, 2.05) is 9.80 Å². The second-order valence-corrected chi connectivity index (χ2v) is 6.32. The molecule has 0 spiro atoms. The zero-order chi connectivity index (χ0) is 13.4. The van der Waals surface area contributed by atoms with Gasteiger partial charge in [-0.05, 0) is 31.1 Å². The number of fused-ring (bicyclic) bond motifs is 1. The average Bonchev–Trinajstić information content (AvgIpc) is 3.17. The fourth-order valence-corrected chi connectivity index (χ4v) is 4.02. The molecule has 1 heterocycles. The third-order valence-corrected chi connectivity index (χ3v) is 5.19. The van der Waals surface area contributed by atoms with Crippen molar-refractivity contribution in [3.05, 3.63) is 0 Å². The molecule has 4 heteroatoms. The lowest BCUT2D eigenvalue weighted by Crippen LogP contribution is -2.37. The van der Waals surface area contributed by atoms with Gasteiger partial charge in [-0.3, -0.25) is 9.59 Å². The van der Waals surface area contributed by atoms with E-state index in [1.165, 1.54) is 25.7 Å². The summed E-state index contributed by atoms with van der Waals surface area (Å²) in [6.45, 7) is 4.69. The van der Waals surface area contributed by atoms with Crippen LogP contribution in [0.25, 0.3) is 0 Å². The van der Waals surface area contributed by atoms with Crippen LogP contribution in [0.3, 0.4) is 0 Å². The van der Waals surface area contributed by atoms with Gasteiger partial charge in [0.25, 0.3) is 0 Å². The first-order valence-corrected chi connectivity index (χ1v) is 7.73. The van der Waals surface area contributed by atoms with Crippen molar-refractivity contribution >= 4 is 11.8 Å². The van der Waals surface area contributed by atoms with Crippen molar-refractivity contribution in [1.29, 1.82) is 0 Å². The summed E-state index contributed by atoms with van der Waals surface area (Å²) in [4.78, 5) is 27.9. The molecule has 0 bridgehead atoms. The Morgan fingerprint density at radius 2 is 1.42 bits per heavy atom. The molecule has 2 amide bonds. The van der Waals surface area contributed by atoms with E-state index in [2.05, 4.69) is 0 Å². The van der Waals surface area contributed by atoms with Crippen molar-refractivity contribution in [2.75, 3.05) is 26.2 Å². The quantitative estimate of drug-likeness (QED) is 0.720. The minimum atomic E-state index is 0.134. The Labute approximate surface area is 115 Å². The van der Waals surface area contributed by atoms with Gasteiger partial charge in [-0.1, -0.05) is 12.8 Å². The van der Waals surface area contributed by atoms with E-state index >= 15 is 0 Å². The van der Waals surface area contributed by atoms with E-state index < -0.39 is 0 Å². The Morgan fingerprint density at radius 3 is 2.05 bits per heavy atom. The van der Waals surface area contributed by atoms with Gasteiger partial charge < -0.3 is 9.80 Å². The zero-order valence-electron chi connectivity index (χ0n) is 11.8. The fraction of sp³-hybridized carbons (Fsp3) is 0.867. The van der Waals surface area contributed by atoms with Crippen LogP contribution < -0.4 is 0 Å². The van der Waals surface area contributed by atoms with Crippen LogP contribution in [0, 0.1) is 17.8 Å². The summed E-state index contributed by atoms with van der Waals surface area (Å²) < 4.78 is 0. The third-order valence-electron chi connectivity index (χ3n) is 5.19. The normalized spacial score (nSPS) is 34.5. The van der Waals surface area contributed by atoms with Crippen LogP contribution in [0.2, 0.25) is 0 Å². The van der Waals surface area contributed by atoms with E-state index in [0.717, 1.165) is 26.1 Å². The van der Waals surface area contributed by atoms with E-state index in [0.29, 0.717) is 30.2 Å². The summed E-state index contributed by atoms with van der Waals surface area (Å²) >= 11 is 0. The number of hydrogen-bond acceptors (Lipinski definition) is 2. The molecule has 0 aromatic carbocycles. The molecule has 0 N–H and O–H groups in total. The smallest absolute Gasteiger partial charge is 0.226 e. The van der Waals surface area contributed by atoms with Crippen LogP contribution in [0.5, 0.6) is 0 Å². The van der Waals surface area contributed by atoms with Gasteiger partial charge in [-0.25, -0.2) is 0 Å². The van der Waals surface area contributed by atoms with Gasteiger partial charge in [0.15, 0.2) is 0 Å². The van der Waals surface area contributed by atoms with Crippen molar-refractivity contribution in [2.45, 2.75) is 39.0 Å². The molecule has 2 atom stereocenters. The van der Waals surface area contributed by atoms with Gasteiger partial charge in [0, 0.05) is 39.0 Å². The van der Waals surface area contributed by atoms with Crippen LogP contribution in [0.4, 0.5) is 0 Å². The minimum absolute atomic E-state index is 0.134. The lowest BCUT2D eigenvalue weighted by molar-refractivity contribution is -0.134. The molecule has 4 nitrogen and oxygen atoms in total. The molecule has 3 fully saturated rings. The number of rotatable bonds is 1. The molecule has 1 saturated heterocycles. The Morgan fingerprint density at radius 1 is 0.842 bits per heavy atom. The first-order chi connectivity index (χ1) is 9.18. The van der Waals surface area contributed by atoms with Gasteiger partial charge in [0.1, 0.15) is 0 Å². The molecule has 2 saturated carbocycles. The number of nitrogens with zero attached hydrogens (tertiary/aromatic N) is 2. The van der Waals surface area contributed by atoms with E-state index in [4.69, 9.17) is 0 Å². The van der Waals surface area contributed by atoms with Gasteiger partial charge in [-0.15, -0.1) is 0 Å². The second kappa shape index (κ2) is 5.14. The Kier molecular flexibility index (Phi) is 3.50. The standard InChI is InChI=1S/C15H24N2O2/c1-11(18)16-7-4-8-17(10-9-16)15(19)14-12-5-2-3-6-13(12)14/h12-14H,2-10H2,1H3. The molecule has 1 aliphatic heterocycles. The van der Waals surface area contributed by atoms with Crippen molar-refractivity contribution in [3.8, 4) is 0 Å². The Balaban J connectivity index is 1.57. The highest BCUT2D eigenvalue weighted by atomic mass is 16.2. The number of carbonyl (C=O) groups excluding carboxylic acids is 2. The first-order valence-electron chi connectivity index (χ1n) is 7.73.